The number of rotatable bonds is 3. The van der Waals surface area contributed by atoms with Crippen LogP contribution in [0.3, 0.4) is 0 Å². The number of aliphatic carboxylic acids is 1. The minimum atomic E-state index is -1.05. The van der Waals surface area contributed by atoms with E-state index in [1.54, 1.807) is 13.8 Å². The summed E-state index contributed by atoms with van der Waals surface area (Å²) in [5.41, 5.74) is -1.43. The Hall–Kier alpha value is -0.610. The van der Waals surface area contributed by atoms with Crippen molar-refractivity contribution in [1.29, 1.82) is 0 Å². The van der Waals surface area contributed by atoms with Crippen molar-refractivity contribution >= 4 is 5.97 Å². The van der Waals surface area contributed by atoms with Gasteiger partial charge in [0.25, 0.3) is 0 Å². The Labute approximate surface area is 121 Å². The number of aliphatic hydroxyl groups is 1. The number of carboxylic acid groups (broad SMARTS) is 1. The standard InChI is InChI=1S/C16H28O4/c1-15(2)12(14(18)19)9-10-16(3,20-15)13(17)11-7-5-4-6-8-11/h11-13,17H,4-10H2,1-3H3,(H,18,19)/p-1/t12-,13+,16-/m0/s1. The number of aliphatic hydroxyl groups excluding tert-OH is 1. The van der Waals surface area contributed by atoms with E-state index in [1.165, 1.54) is 19.3 Å². The largest absolute Gasteiger partial charge is 0.550 e. The van der Waals surface area contributed by atoms with Crippen LogP contribution < -0.4 is 5.11 Å². The summed E-state index contributed by atoms with van der Waals surface area (Å²) in [6, 6.07) is 0. The van der Waals surface area contributed by atoms with Gasteiger partial charge in [-0.15, -0.1) is 0 Å². The molecule has 0 spiro atoms. The van der Waals surface area contributed by atoms with E-state index in [0.717, 1.165) is 12.8 Å². The third-order valence-corrected chi connectivity index (χ3v) is 5.27. The highest BCUT2D eigenvalue weighted by Gasteiger charge is 2.49. The topological polar surface area (TPSA) is 69.6 Å². The van der Waals surface area contributed by atoms with Crippen molar-refractivity contribution in [3.63, 3.8) is 0 Å². The first-order chi connectivity index (χ1) is 9.26. The van der Waals surface area contributed by atoms with E-state index in [1.807, 2.05) is 6.92 Å². The maximum absolute atomic E-state index is 11.2. The molecule has 2 aliphatic rings. The van der Waals surface area contributed by atoms with Crippen LogP contribution >= 0.6 is 0 Å². The molecule has 0 bridgehead atoms. The predicted molar refractivity (Wildman–Crippen MR) is 73.9 cm³/mol. The van der Waals surface area contributed by atoms with Gasteiger partial charge in [0.2, 0.25) is 0 Å². The second-order valence-corrected chi connectivity index (χ2v) is 7.27. The van der Waals surface area contributed by atoms with E-state index in [0.29, 0.717) is 12.8 Å². The van der Waals surface area contributed by atoms with Crippen molar-refractivity contribution in [1.82, 2.24) is 0 Å². The Morgan fingerprint density at radius 1 is 1.20 bits per heavy atom. The van der Waals surface area contributed by atoms with E-state index >= 15 is 0 Å². The minimum Gasteiger partial charge on any atom is -0.550 e. The molecule has 1 heterocycles. The summed E-state index contributed by atoms with van der Waals surface area (Å²) >= 11 is 0. The van der Waals surface area contributed by atoms with E-state index in [9.17, 15) is 15.0 Å². The summed E-state index contributed by atoms with van der Waals surface area (Å²) in [7, 11) is 0. The Morgan fingerprint density at radius 2 is 1.80 bits per heavy atom. The normalized spacial score (nSPS) is 36.5. The fraction of sp³-hybridized carbons (Fsp3) is 0.938. The second kappa shape index (κ2) is 5.64. The highest BCUT2D eigenvalue weighted by molar-refractivity contribution is 5.69. The molecule has 0 amide bonds. The molecular weight excluding hydrogens is 256 g/mol. The predicted octanol–water partition coefficient (Wildman–Crippen LogP) is 1.64. The number of carbonyl (C=O) groups is 1. The highest BCUT2D eigenvalue weighted by Crippen LogP contribution is 2.44. The Balaban J connectivity index is 2.09. The van der Waals surface area contributed by atoms with Crippen molar-refractivity contribution < 1.29 is 19.7 Å². The van der Waals surface area contributed by atoms with Gasteiger partial charge in [0.05, 0.1) is 17.3 Å². The fourth-order valence-corrected chi connectivity index (χ4v) is 4.06. The molecule has 1 aliphatic carbocycles. The average molecular weight is 283 g/mol. The molecule has 0 radical (unpaired) electrons. The fourth-order valence-electron chi connectivity index (χ4n) is 4.06. The number of ether oxygens (including phenoxy) is 1. The van der Waals surface area contributed by atoms with E-state index in [4.69, 9.17) is 4.74 Å². The van der Waals surface area contributed by atoms with Gasteiger partial charge in [-0.25, -0.2) is 0 Å². The van der Waals surface area contributed by atoms with Gasteiger partial charge in [-0.05, 0) is 52.4 Å². The van der Waals surface area contributed by atoms with Crippen molar-refractivity contribution in [3.8, 4) is 0 Å². The molecule has 0 aromatic rings. The highest BCUT2D eigenvalue weighted by atomic mass is 16.5. The quantitative estimate of drug-likeness (QED) is 0.855. The lowest BCUT2D eigenvalue weighted by atomic mass is 9.72. The summed E-state index contributed by atoms with van der Waals surface area (Å²) in [5, 5.41) is 21.9. The lowest BCUT2D eigenvalue weighted by Crippen LogP contribution is -2.59. The molecule has 1 saturated heterocycles. The number of carbonyl (C=O) groups excluding carboxylic acids is 1. The molecule has 3 atom stereocenters. The zero-order valence-electron chi connectivity index (χ0n) is 12.9. The van der Waals surface area contributed by atoms with Gasteiger partial charge in [-0.2, -0.15) is 0 Å². The van der Waals surface area contributed by atoms with Crippen LogP contribution in [-0.2, 0) is 9.53 Å². The van der Waals surface area contributed by atoms with Gasteiger partial charge in [-0.1, -0.05) is 19.3 Å². The van der Waals surface area contributed by atoms with E-state index in [2.05, 4.69) is 0 Å². The van der Waals surface area contributed by atoms with Crippen LogP contribution in [0.4, 0.5) is 0 Å². The van der Waals surface area contributed by atoms with Crippen LogP contribution in [0.1, 0.15) is 65.7 Å². The van der Waals surface area contributed by atoms with E-state index in [-0.39, 0.29) is 5.92 Å². The van der Waals surface area contributed by atoms with Gasteiger partial charge in [-0.3, -0.25) is 0 Å². The summed E-state index contributed by atoms with van der Waals surface area (Å²) in [6.45, 7) is 5.51. The molecule has 4 nitrogen and oxygen atoms in total. The SMILES string of the molecule is CC1(C)O[C@](C)([C@H](O)C2CCCCC2)CC[C@H]1C(=O)[O-]. The minimum absolute atomic E-state index is 0.282. The van der Waals surface area contributed by atoms with Gasteiger partial charge in [0.15, 0.2) is 0 Å². The molecule has 4 heteroatoms. The molecule has 1 saturated carbocycles. The van der Waals surface area contributed by atoms with Crippen LogP contribution in [0.25, 0.3) is 0 Å². The van der Waals surface area contributed by atoms with Gasteiger partial charge in [0, 0.05) is 11.9 Å². The van der Waals surface area contributed by atoms with Gasteiger partial charge < -0.3 is 19.7 Å². The molecule has 1 N–H and O–H groups in total. The summed E-state index contributed by atoms with van der Waals surface area (Å²) in [4.78, 5) is 11.2. The molecule has 0 aromatic heterocycles. The van der Waals surface area contributed by atoms with Crippen LogP contribution in [0.2, 0.25) is 0 Å². The molecular formula is C16H27O4-. The third kappa shape index (κ3) is 3.01. The number of carboxylic acids is 1. The Morgan fingerprint density at radius 3 is 2.30 bits per heavy atom. The average Bonchev–Trinajstić information content (AvgIpc) is 2.37. The molecule has 20 heavy (non-hydrogen) atoms. The monoisotopic (exact) mass is 283 g/mol. The first-order valence-corrected chi connectivity index (χ1v) is 7.85. The molecule has 0 aromatic carbocycles. The smallest absolute Gasteiger partial charge is 0.0922 e. The van der Waals surface area contributed by atoms with Crippen LogP contribution in [0.15, 0.2) is 0 Å². The zero-order chi connectivity index (χ0) is 15.0. The van der Waals surface area contributed by atoms with Crippen LogP contribution in [-0.4, -0.2) is 28.4 Å². The maximum atomic E-state index is 11.2. The van der Waals surface area contributed by atoms with Crippen molar-refractivity contribution in [2.45, 2.75) is 83.0 Å². The number of hydrogen-bond acceptors (Lipinski definition) is 4. The molecule has 1 aliphatic heterocycles. The number of hydrogen-bond donors (Lipinski definition) is 1. The first kappa shape index (κ1) is 15.8. The van der Waals surface area contributed by atoms with Gasteiger partial charge >= 0.3 is 0 Å². The summed E-state index contributed by atoms with van der Waals surface area (Å²) < 4.78 is 6.08. The van der Waals surface area contributed by atoms with Crippen LogP contribution in [0.5, 0.6) is 0 Å². The molecule has 116 valence electrons. The molecule has 2 rings (SSSR count). The van der Waals surface area contributed by atoms with E-state index < -0.39 is 29.2 Å². The summed E-state index contributed by atoms with van der Waals surface area (Å²) in [6.07, 6.45) is 6.26. The summed E-state index contributed by atoms with van der Waals surface area (Å²) in [5.74, 6) is -1.37. The third-order valence-electron chi connectivity index (χ3n) is 5.27. The molecule has 0 unspecified atom stereocenters. The molecule has 2 fully saturated rings. The Kier molecular flexibility index (Phi) is 4.45. The van der Waals surface area contributed by atoms with Crippen molar-refractivity contribution in [2.75, 3.05) is 0 Å². The lowest BCUT2D eigenvalue weighted by Gasteiger charge is -2.51. The first-order valence-electron chi connectivity index (χ1n) is 7.85. The maximum Gasteiger partial charge on any atom is 0.0922 e. The van der Waals surface area contributed by atoms with Crippen LogP contribution in [0, 0.1) is 11.8 Å². The Bertz CT molecular complexity index is 359. The van der Waals surface area contributed by atoms with Crippen molar-refractivity contribution in [3.05, 3.63) is 0 Å². The zero-order valence-corrected chi connectivity index (χ0v) is 12.9. The van der Waals surface area contributed by atoms with Crippen molar-refractivity contribution in [2.24, 2.45) is 11.8 Å². The second-order valence-electron chi connectivity index (χ2n) is 7.27. The lowest BCUT2D eigenvalue weighted by molar-refractivity contribution is -0.328. The van der Waals surface area contributed by atoms with Gasteiger partial charge in [0.1, 0.15) is 0 Å².